The largest absolute Gasteiger partial charge is 0.462 e. The zero-order valence-corrected chi connectivity index (χ0v) is 22.4. The van der Waals surface area contributed by atoms with Gasteiger partial charge in [-0.1, -0.05) is 72.1 Å². The molecule has 0 aromatic carbocycles. The molecule has 0 radical (unpaired) electrons. The molecule has 0 unspecified atom stereocenters. The van der Waals surface area contributed by atoms with E-state index in [4.69, 9.17) is 9.84 Å². The standard InChI is InChI=1S/C11H21NO.C10H19NO2.C6H10O3/c1-3-5-6-7-8-9-10-12-11(13)4-2;1-4-5-6-11-7-8-13-10(12)9(2)3;1-2-6(8)9-5-3-4-7/h4H,2-3,5-10H2,1H3,(H,12,13);11H,2,4-8H2,1,3H3;2,7H,1,3-5H2. The zero-order chi connectivity index (χ0) is 27.2. The fraction of sp³-hybridized carbons (Fsp3) is 0.667. The molecule has 204 valence electrons. The van der Waals surface area contributed by atoms with Crippen LogP contribution in [0, 0.1) is 0 Å². The highest BCUT2D eigenvalue weighted by Gasteiger charge is 2.01. The van der Waals surface area contributed by atoms with Gasteiger partial charge in [0, 0.05) is 37.8 Å². The number of carbonyl (C=O) groups is 3. The lowest BCUT2D eigenvalue weighted by Gasteiger charge is -2.05. The summed E-state index contributed by atoms with van der Waals surface area (Å²) < 4.78 is 9.40. The minimum Gasteiger partial charge on any atom is -0.462 e. The van der Waals surface area contributed by atoms with E-state index in [0.29, 0.717) is 18.6 Å². The number of carbonyl (C=O) groups excluding carboxylic acids is 3. The Kier molecular flexibility index (Phi) is 33.4. The van der Waals surface area contributed by atoms with E-state index in [-0.39, 0.29) is 25.1 Å². The fourth-order valence-electron chi connectivity index (χ4n) is 2.25. The SMILES string of the molecule is C=C(C)C(=O)OCCNCCCC.C=CC(=O)NCCCCCCCC.C=CC(=O)OCCCO. The van der Waals surface area contributed by atoms with Crippen molar-refractivity contribution in [2.45, 2.75) is 78.6 Å². The van der Waals surface area contributed by atoms with Gasteiger partial charge < -0.3 is 25.2 Å². The maximum absolute atomic E-state index is 10.9. The van der Waals surface area contributed by atoms with E-state index in [1.54, 1.807) is 6.92 Å². The molecule has 0 saturated heterocycles. The van der Waals surface area contributed by atoms with Crippen molar-refractivity contribution in [2.24, 2.45) is 0 Å². The van der Waals surface area contributed by atoms with E-state index >= 15 is 0 Å². The third-order valence-electron chi connectivity index (χ3n) is 4.30. The highest BCUT2D eigenvalue weighted by Crippen LogP contribution is 2.03. The van der Waals surface area contributed by atoms with Gasteiger partial charge in [-0.3, -0.25) is 4.79 Å². The Morgan fingerprint density at radius 3 is 1.97 bits per heavy atom. The average molecular weight is 499 g/mol. The molecule has 0 aliphatic rings. The normalized spacial score (nSPS) is 9.37. The first-order valence-corrected chi connectivity index (χ1v) is 12.6. The van der Waals surface area contributed by atoms with Crippen molar-refractivity contribution >= 4 is 17.8 Å². The lowest BCUT2D eigenvalue weighted by atomic mass is 10.1. The molecular weight excluding hydrogens is 448 g/mol. The maximum atomic E-state index is 10.9. The first kappa shape index (κ1) is 37.1. The zero-order valence-electron chi connectivity index (χ0n) is 22.4. The molecule has 3 N–H and O–H groups in total. The van der Waals surface area contributed by atoms with Gasteiger partial charge >= 0.3 is 11.9 Å². The number of amides is 1. The molecule has 0 heterocycles. The Hall–Kier alpha value is -2.45. The summed E-state index contributed by atoms with van der Waals surface area (Å²) in [4.78, 5) is 31.9. The number of hydrogen-bond donors (Lipinski definition) is 3. The van der Waals surface area contributed by atoms with Crippen LogP contribution in [0.15, 0.2) is 37.5 Å². The number of aliphatic hydroxyl groups is 1. The average Bonchev–Trinajstić information content (AvgIpc) is 2.86. The molecule has 0 aliphatic carbocycles. The van der Waals surface area contributed by atoms with Crippen LogP contribution in [0.25, 0.3) is 0 Å². The molecule has 8 heteroatoms. The number of rotatable bonds is 19. The Bertz CT molecular complexity index is 562. The van der Waals surface area contributed by atoms with Crippen LogP contribution in [-0.4, -0.2) is 62.4 Å². The summed E-state index contributed by atoms with van der Waals surface area (Å²) in [6, 6.07) is 0. The summed E-state index contributed by atoms with van der Waals surface area (Å²) in [6.45, 7) is 19.3. The Labute approximate surface area is 213 Å². The second-order valence-electron chi connectivity index (χ2n) is 7.73. The molecular formula is C27H50N2O6. The molecule has 0 saturated carbocycles. The number of unbranched alkanes of at least 4 members (excludes halogenated alkanes) is 6. The van der Waals surface area contributed by atoms with Gasteiger partial charge in [-0.25, -0.2) is 9.59 Å². The lowest BCUT2D eigenvalue weighted by molar-refractivity contribution is -0.139. The van der Waals surface area contributed by atoms with Crippen molar-refractivity contribution in [3.8, 4) is 0 Å². The van der Waals surface area contributed by atoms with Gasteiger partial charge in [0.15, 0.2) is 0 Å². The van der Waals surface area contributed by atoms with Crippen molar-refractivity contribution in [3.05, 3.63) is 37.5 Å². The predicted molar refractivity (Wildman–Crippen MR) is 143 cm³/mol. The van der Waals surface area contributed by atoms with Gasteiger partial charge in [0.25, 0.3) is 0 Å². The molecule has 1 amide bonds. The van der Waals surface area contributed by atoms with Gasteiger partial charge in [0.1, 0.15) is 6.61 Å². The van der Waals surface area contributed by atoms with Crippen LogP contribution in [0.1, 0.15) is 78.6 Å². The third kappa shape index (κ3) is 36.3. The Balaban J connectivity index is -0.000000448. The summed E-state index contributed by atoms with van der Waals surface area (Å²) in [7, 11) is 0. The smallest absolute Gasteiger partial charge is 0.333 e. The van der Waals surface area contributed by atoms with Crippen LogP contribution in [0.2, 0.25) is 0 Å². The summed E-state index contributed by atoms with van der Waals surface area (Å²) in [5.41, 5.74) is 0.452. The molecule has 0 bridgehead atoms. The summed E-state index contributed by atoms with van der Waals surface area (Å²) in [5.74, 6) is -0.811. The van der Waals surface area contributed by atoms with Gasteiger partial charge in [-0.15, -0.1) is 0 Å². The minimum atomic E-state index is -0.441. The van der Waals surface area contributed by atoms with Gasteiger partial charge in [-0.2, -0.15) is 0 Å². The summed E-state index contributed by atoms with van der Waals surface area (Å²) >= 11 is 0. The van der Waals surface area contributed by atoms with Gasteiger partial charge in [0.2, 0.25) is 5.91 Å². The summed E-state index contributed by atoms with van der Waals surface area (Å²) in [6.07, 6.45) is 12.8. The van der Waals surface area contributed by atoms with Crippen LogP contribution in [0.3, 0.4) is 0 Å². The number of esters is 2. The highest BCUT2D eigenvalue weighted by molar-refractivity contribution is 5.87. The number of hydrogen-bond acceptors (Lipinski definition) is 7. The number of aliphatic hydroxyl groups excluding tert-OH is 1. The Morgan fingerprint density at radius 2 is 1.43 bits per heavy atom. The second-order valence-corrected chi connectivity index (χ2v) is 7.73. The van der Waals surface area contributed by atoms with Crippen molar-refractivity contribution in [3.63, 3.8) is 0 Å². The monoisotopic (exact) mass is 498 g/mol. The molecule has 0 fully saturated rings. The Morgan fingerprint density at radius 1 is 0.800 bits per heavy atom. The van der Waals surface area contributed by atoms with Crippen LogP contribution in [0.5, 0.6) is 0 Å². The first-order valence-electron chi connectivity index (χ1n) is 12.6. The highest BCUT2D eigenvalue weighted by atomic mass is 16.5. The van der Waals surface area contributed by atoms with Crippen molar-refractivity contribution in [2.75, 3.05) is 39.5 Å². The van der Waals surface area contributed by atoms with Crippen LogP contribution in [-0.2, 0) is 23.9 Å². The lowest BCUT2D eigenvalue weighted by Crippen LogP contribution is -2.22. The van der Waals surface area contributed by atoms with Gasteiger partial charge in [0.05, 0.1) is 6.61 Å². The molecule has 0 atom stereocenters. The third-order valence-corrected chi connectivity index (χ3v) is 4.30. The van der Waals surface area contributed by atoms with E-state index in [1.165, 1.54) is 44.6 Å². The molecule has 0 spiro atoms. The molecule has 0 aromatic heterocycles. The number of ether oxygens (including phenoxy) is 2. The van der Waals surface area contributed by atoms with Crippen molar-refractivity contribution < 1.29 is 29.0 Å². The molecule has 0 aromatic rings. The van der Waals surface area contributed by atoms with E-state index < -0.39 is 5.97 Å². The topological polar surface area (TPSA) is 114 Å². The second kappa shape index (κ2) is 31.5. The van der Waals surface area contributed by atoms with E-state index in [0.717, 1.165) is 38.6 Å². The molecule has 0 aliphatic heterocycles. The maximum Gasteiger partial charge on any atom is 0.333 e. The molecule has 8 nitrogen and oxygen atoms in total. The number of nitrogens with one attached hydrogen (secondary N) is 2. The summed E-state index contributed by atoms with van der Waals surface area (Å²) in [5, 5.41) is 14.2. The van der Waals surface area contributed by atoms with Crippen molar-refractivity contribution in [1.29, 1.82) is 0 Å². The first-order chi connectivity index (χ1) is 16.8. The van der Waals surface area contributed by atoms with Crippen LogP contribution < -0.4 is 10.6 Å². The molecule has 35 heavy (non-hydrogen) atoms. The predicted octanol–water partition coefficient (Wildman–Crippen LogP) is 4.24. The van der Waals surface area contributed by atoms with E-state index in [9.17, 15) is 14.4 Å². The van der Waals surface area contributed by atoms with E-state index in [1.807, 2.05) is 0 Å². The van der Waals surface area contributed by atoms with Crippen molar-refractivity contribution in [1.82, 2.24) is 10.6 Å². The van der Waals surface area contributed by atoms with Gasteiger partial charge in [-0.05, 0) is 32.4 Å². The van der Waals surface area contributed by atoms with E-state index in [2.05, 4.69) is 49.0 Å². The molecule has 0 rings (SSSR count). The van der Waals surface area contributed by atoms with Crippen LogP contribution in [0.4, 0.5) is 0 Å². The fourth-order valence-corrected chi connectivity index (χ4v) is 2.25. The minimum absolute atomic E-state index is 0.0461. The van der Waals surface area contributed by atoms with Crippen LogP contribution >= 0.6 is 0 Å². The quantitative estimate of drug-likeness (QED) is 0.139.